The van der Waals surface area contributed by atoms with Crippen molar-refractivity contribution in [1.82, 2.24) is 19.7 Å². The van der Waals surface area contributed by atoms with E-state index in [1.54, 1.807) is 10.9 Å². The highest BCUT2D eigenvalue weighted by molar-refractivity contribution is 9.10. The average Bonchev–Trinajstić information content (AvgIpc) is 2.69. The molecule has 0 aromatic carbocycles. The highest BCUT2D eigenvalue weighted by Crippen LogP contribution is 2.23. The third-order valence-electron chi connectivity index (χ3n) is 2.04. The molecule has 0 aliphatic carbocycles. The van der Waals surface area contributed by atoms with Crippen LogP contribution >= 0.6 is 15.9 Å². The molecule has 17 heavy (non-hydrogen) atoms. The highest BCUT2D eigenvalue weighted by Gasteiger charge is 2.06. The molecule has 0 atom stereocenters. The molecule has 2 N–H and O–H groups in total. The Hall–Kier alpha value is -1.63. The molecule has 0 spiro atoms. The molecule has 0 bridgehead atoms. The van der Waals surface area contributed by atoms with E-state index in [-0.39, 0.29) is 0 Å². The van der Waals surface area contributed by atoms with Crippen LogP contribution in [0.1, 0.15) is 6.92 Å². The zero-order chi connectivity index (χ0) is 12.3. The van der Waals surface area contributed by atoms with E-state index in [2.05, 4.69) is 41.6 Å². The van der Waals surface area contributed by atoms with Crippen LogP contribution in [0.15, 0.2) is 22.9 Å². The number of hydrogen-bond acceptors (Lipinski definition) is 5. The van der Waals surface area contributed by atoms with Crippen molar-refractivity contribution in [2.24, 2.45) is 7.05 Å². The highest BCUT2D eigenvalue weighted by atomic mass is 79.9. The van der Waals surface area contributed by atoms with Gasteiger partial charge in [0.2, 0.25) is 5.95 Å². The third kappa shape index (κ3) is 2.94. The van der Waals surface area contributed by atoms with Crippen LogP contribution < -0.4 is 10.6 Å². The topological polar surface area (TPSA) is 67.7 Å². The molecule has 0 radical (unpaired) electrons. The lowest BCUT2D eigenvalue weighted by molar-refractivity contribution is 0.771. The minimum Gasteiger partial charge on any atom is -0.354 e. The minimum atomic E-state index is 0.592. The van der Waals surface area contributed by atoms with Gasteiger partial charge < -0.3 is 10.6 Å². The van der Waals surface area contributed by atoms with Gasteiger partial charge in [-0.15, -0.1) is 0 Å². The second-order valence-corrected chi connectivity index (χ2v) is 4.27. The van der Waals surface area contributed by atoms with Crippen LogP contribution in [-0.2, 0) is 7.05 Å². The van der Waals surface area contributed by atoms with Crippen molar-refractivity contribution in [2.45, 2.75) is 6.92 Å². The molecule has 2 aromatic heterocycles. The molecule has 2 heterocycles. The number of nitrogens with one attached hydrogen (secondary N) is 2. The Morgan fingerprint density at radius 3 is 2.94 bits per heavy atom. The lowest BCUT2D eigenvalue weighted by Crippen LogP contribution is -2.04. The van der Waals surface area contributed by atoms with Gasteiger partial charge in [-0.25, -0.2) is 4.98 Å². The van der Waals surface area contributed by atoms with Crippen LogP contribution in [-0.4, -0.2) is 26.3 Å². The van der Waals surface area contributed by atoms with Crippen molar-refractivity contribution in [3.8, 4) is 0 Å². The van der Waals surface area contributed by atoms with Crippen molar-refractivity contribution in [3.63, 3.8) is 0 Å². The van der Waals surface area contributed by atoms with E-state index in [1.807, 2.05) is 26.2 Å². The SMILES string of the molecule is CCNc1ncc(Br)c(Nc2ccn(C)n2)n1. The maximum Gasteiger partial charge on any atom is 0.224 e. The first kappa shape index (κ1) is 11.8. The van der Waals surface area contributed by atoms with Gasteiger partial charge in [0.25, 0.3) is 0 Å². The fourth-order valence-electron chi connectivity index (χ4n) is 1.30. The number of aromatic nitrogens is 4. The molecule has 0 unspecified atom stereocenters. The third-order valence-corrected chi connectivity index (χ3v) is 2.62. The van der Waals surface area contributed by atoms with E-state index in [9.17, 15) is 0 Å². The van der Waals surface area contributed by atoms with E-state index in [1.165, 1.54) is 0 Å². The Morgan fingerprint density at radius 1 is 1.47 bits per heavy atom. The molecule has 0 amide bonds. The Labute approximate surface area is 108 Å². The predicted molar refractivity (Wildman–Crippen MR) is 70.4 cm³/mol. The zero-order valence-electron chi connectivity index (χ0n) is 9.61. The minimum absolute atomic E-state index is 0.592. The first-order chi connectivity index (χ1) is 8.19. The molecule has 2 rings (SSSR count). The Balaban J connectivity index is 2.22. The first-order valence-corrected chi connectivity index (χ1v) is 6.01. The summed E-state index contributed by atoms with van der Waals surface area (Å²) in [6, 6.07) is 1.88. The van der Waals surface area contributed by atoms with Crippen LogP contribution in [0, 0.1) is 0 Å². The second kappa shape index (κ2) is 5.13. The summed E-state index contributed by atoms with van der Waals surface area (Å²) in [5, 5.41) is 10.4. The largest absolute Gasteiger partial charge is 0.354 e. The second-order valence-electron chi connectivity index (χ2n) is 3.42. The van der Waals surface area contributed by atoms with Gasteiger partial charge in [-0.05, 0) is 22.9 Å². The summed E-state index contributed by atoms with van der Waals surface area (Å²) in [7, 11) is 1.87. The summed E-state index contributed by atoms with van der Waals surface area (Å²) in [5.41, 5.74) is 0. The Kier molecular flexibility index (Phi) is 3.58. The Morgan fingerprint density at radius 2 is 2.29 bits per heavy atom. The lowest BCUT2D eigenvalue weighted by atomic mass is 10.5. The van der Waals surface area contributed by atoms with Crippen molar-refractivity contribution >= 4 is 33.5 Å². The molecule has 90 valence electrons. The molecule has 0 saturated heterocycles. The molecule has 7 heteroatoms. The molecule has 0 fully saturated rings. The van der Waals surface area contributed by atoms with Gasteiger partial charge in [0.1, 0.15) is 0 Å². The maximum absolute atomic E-state index is 4.34. The molecule has 2 aromatic rings. The molecule has 0 aliphatic heterocycles. The van der Waals surface area contributed by atoms with E-state index in [0.29, 0.717) is 11.8 Å². The quantitative estimate of drug-likeness (QED) is 0.905. The van der Waals surface area contributed by atoms with Gasteiger partial charge in [0.05, 0.1) is 4.47 Å². The molecular weight excluding hydrogens is 284 g/mol. The van der Waals surface area contributed by atoms with Crippen molar-refractivity contribution in [3.05, 3.63) is 22.9 Å². The molecule has 0 saturated carbocycles. The van der Waals surface area contributed by atoms with E-state index >= 15 is 0 Å². The fourth-order valence-corrected chi connectivity index (χ4v) is 1.59. The van der Waals surface area contributed by atoms with Gasteiger partial charge in [0, 0.05) is 32.1 Å². The van der Waals surface area contributed by atoms with Crippen LogP contribution in [0.2, 0.25) is 0 Å². The summed E-state index contributed by atoms with van der Waals surface area (Å²) in [6.45, 7) is 2.78. The first-order valence-electron chi connectivity index (χ1n) is 5.22. The summed E-state index contributed by atoms with van der Waals surface area (Å²) in [5.74, 6) is 2.03. The van der Waals surface area contributed by atoms with E-state index in [0.717, 1.165) is 16.8 Å². The Bertz CT molecular complexity index is 509. The molecular formula is C10H13BrN6. The summed E-state index contributed by atoms with van der Waals surface area (Å²) in [4.78, 5) is 8.48. The van der Waals surface area contributed by atoms with Crippen LogP contribution in [0.4, 0.5) is 17.6 Å². The van der Waals surface area contributed by atoms with Crippen LogP contribution in [0.5, 0.6) is 0 Å². The number of hydrogen-bond donors (Lipinski definition) is 2. The van der Waals surface area contributed by atoms with E-state index < -0.39 is 0 Å². The smallest absolute Gasteiger partial charge is 0.224 e. The molecule has 0 aliphatic rings. The normalized spacial score (nSPS) is 10.3. The number of nitrogens with zero attached hydrogens (tertiary/aromatic N) is 4. The van der Waals surface area contributed by atoms with Crippen molar-refractivity contribution < 1.29 is 0 Å². The number of rotatable bonds is 4. The summed E-state index contributed by atoms with van der Waals surface area (Å²) >= 11 is 3.40. The predicted octanol–water partition coefficient (Wildman–Crippen LogP) is 2.15. The van der Waals surface area contributed by atoms with E-state index in [4.69, 9.17) is 0 Å². The van der Waals surface area contributed by atoms with Gasteiger partial charge in [-0.2, -0.15) is 10.1 Å². The monoisotopic (exact) mass is 296 g/mol. The lowest BCUT2D eigenvalue weighted by Gasteiger charge is -2.07. The van der Waals surface area contributed by atoms with Gasteiger partial charge in [0.15, 0.2) is 11.6 Å². The molecule has 6 nitrogen and oxygen atoms in total. The van der Waals surface area contributed by atoms with Crippen molar-refractivity contribution in [1.29, 1.82) is 0 Å². The van der Waals surface area contributed by atoms with Crippen LogP contribution in [0.25, 0.3) is 0 Å². The number of anilines is 3. The van der Waals surface area contributed by atoms with Crippen molar-refractivity contribution in [2.75, 3.05) is 17.2 Å². The summed E-state index contributed by atoms with van der Waals surface area (Å²) < 4.78 is 2.52. The number of aryl methyl sites for hydroxylation is 1. The van der Waals surface area contributed by atoms with Gasteiger partial charge in [-0.3, -0.25) is 4.68 Å². The fraction of sp³-hybridized carbons (Fsp3) is 0.300. The standard InChI is InChI=1S/C10H13BrN6/c1-3-12-10-13-6-7(11)9(15-10)14-8-4-5-17(2)16-8/h4-6H,3H2,1-2H3,(H2,12,13,14,15,16). The maximum atomic E-state index is 4.34. The van der Waals surface area contributed by atoms with Crippen LogP contribution in [0.3, 0.4) is 0 Å². The van der Waals surface area contributed by atoms with Gasteiger partial charge >= 0.3 is 0 Å². The van der Waals surface area contributed by atoms with Gasteiger partial charge in [-0.1, -0.05) is 0 Å². The number of halogens is 1. The summed E-state index contributed by atoms with van der Waals surface area (Å²) in [6.07, 6.45) is 3.57. The average molecular weight is 297 g/mol. The zero-order valence-corrected chi connectivity index (χ0v) is 11.2.